The van der Waals surface area contributed by atoms with Crippen LogP contribution in [-0.4, -0.2) is 74.6 Å². The number of amides is 1. The standard InChI is InChI=1S/C26H29N5O4/c1-31(2)17-10-8-16(9-11-17)25(32)28-20-14-34-24-21(15-35-23(20)24)30-26-27-13-12-19(29-26)18-6-4-5-7-22(18)33-3/h4-13,20-21,23-24H,14-15H2,1-3H3,(H,28,32)(H,27,29,30)/t20-,21-,23+,24+/m0/s1. The molecule has 3 heterocycles. The highest BCUT2D eigenvalue weighted by molar-refractivity contribution is 5.94. The van der Waals surface area contributed by atoms with Gasteiger partial charge in [-0.1, -0.05) is 12.1 Å². The SMILES string of the molecule is COc1ccccc1-c1ccnc(N[C@H]2CO[C@H]3[C@@H]2OC[C@@H]3NC(=O)c2ccc(N(C)C)cc2)n1. The molecule has 0 aliphatic carbocycles. The average molecular weight is 476 g/mol. The lowest BCUT2D eigenvalue weighted by Crippen LogP contribution is -2.44. The van der Waals surface area contributed by atoms with Crippen molar-refractivity contribution in [3.8, 4) is 17.0 Å². The number of carbonyl (C=O) groups is 1. The van der Waals surface area contributed by atoms with Gasteiger partial charge in [-0.2, -0.15) is 0 Å². The Morgan fingerprint density at radius 2 is 1.71 bits per heavy atom. The fraction of sp³-hybridized carbons (Fsp3) is 0.346. The fourth-order valence-corrected chi connectivity index (χ4v) is 4.51. The van der Waals surface area contributed by atoms with Crippen LogP contribution in [0.5, 0.6) is 5.75 Å². The number of nitrogens with one attached hydrogen (secondary N) is 2. The highest BCUT2D eigenvalue weighted by Crippen LogP contribution is 2.31. The summed E-state index contributed by atoms with van der Waals surface area (Å²) in [5.74, 6) is 1.09. The minimum Gasteiger partial charge on any atom is -0.496 e. The van der Waals surface area contributed by atoms with Crippen LogP contribution in [0.4, 0.5) is 11.6 Å². The highest BCUT2D eigenvalue weighted by atomic mass is 16.6. The van der Waals surface area contributed by atoms with Gasteiger partial charge in [-0.25, -0.2) is 9.97 Å². The molecule has 0 radical (unpaired) electrons. The minimum atomic E-state index is -0.241. The van der Waals surface area contributed by atoms with Gasteiger partial charge in [0.25, 0.3) is 5.91 Å². The first-order valence-corrected chi connectivity index (χ1v) is 11.6. The molecule has 2 aliphatic rings. The average Bonchev–Trinajstić information content (AvgIpc) is 3.47. The zero-order chi connectivity index (χ0) is 24.4. The van der Waals surface area contributed by atoms with Gasteiger partial charge in [0.05, 0.1) is 38.1 Å². The Labute approximate surface area is 204 Å². The van der Waals surface area contributed by atoms with Crippen LogP contribution >= 0.6 is 0 Å². The first-order valence-electron chi connectivity index (χ1n) is 11.6. The lowest BCUT2D eigenvalue weighted by molar-refractivity contribution is 0.0652. The Hall–Kier alpha value is -3.69. The van der Waals surface area contributed by atoms with Crippen LogP contribution < -0.4 is 20.3 Å². The molecule has 0 saturated carbocycles. The topological polar surface area (TPSA) is 97.8 Å². The van der Waals surface area contributed by atoms with E-state index < -0.39 is 0 Å². The van der Waals surface area contributed by atoms with E-state index in [0.717, 1.165) is 22.7 Å². The van der Waals surface area contributed by atoms with Gasteiger partial charge in [0.1, 0.15) is 18.0 Å². The van der Waals surface area contributed by atoms with E-state index in [2.05, 4.69) is 20.6 Å². The Bertz CT molecular complexity index is 1190. The van der Waals surface area contributed by atoms with E-state index in [1.165, 1.54) is 0 Å². The molecule has 1 amide bonds. The maximum Gasteiger partial charge on any atom is 0.251 e. The Morgan fingerprint density at radius 1 is 1.00 bits per heavy atom. The summed E-state index contributed by atoms with van der Waals surface area (Å²) < 4.78 is 17.5. The number of fused-ring (bicyclic) bond motifs is 1. The van der Waals surface area contributed by atoms with Crippen LogP contribution in [0.1, 0.15) is 10.4 Å². The second-order valence-electron chi connectivity index (χ2n) is 8.83. The third-order valence-electron chi connectivity index (χ3n) is 6.37. The number of rotatable bonds is 7. The minimum absolute atomic E-state index is 0.130. The van der Waals surface area contributed by atoms with Crippen molar-refractivity contribution in [3.05, 3.63) is 66.4 Å². The lowest BCUT2D eigenvalue weighted by atomic mass is 10.1. The first kappa shape index (κ1) is 23.1. The van der Waals surface area contributed by atoms with E-state index >= 15 is 0 Å². The van der Waals surface area contributed by atoms with Crippen molar-refractivity contribution in [3.63, 3.8) is 0 Å². The van der Waals surface area contributed by atoms with Crippen molar-refractivity contribution >= 4 is 17.5 Å². The van der Waals surface area contributed by atoms with Gasteiger partial charge >= 0.3 is 0 Å². The second-order valence-corrected chi connectivity index (χ2v) is 8.83. The molecule has 2 aromatic carbocycles. The van der Waals surface area contributed by atoms with E-state index in [1.54, 1.807) is 13.3 Å². The molecule has 5 rings (SSSR count). The van der Waals surface area contributed by atoms with Gasteiger partial charge in [-0.05, 0) is 42.5 Å². The molecule has 0 unspecified atom stereocenters. The largest absolute Gasteiger partial charge is 0.496 e. The van der Waals surface area contributed by atoms with Gasteiger partial charge in [0.15, 0.2) is 0 Å². The molecule has 2 fully saturated rings. The van der Waals surface area contributed by atoms with Gasteiger partial charge in [-0.15, -0.1) is 0 Å². The van der Waals surface area contributed by atoms with Crippen molar-refractivity contribution in [2.24, 2.45) is 0 Å². The van der Waals surface area contributed by atoms with E-state index in [4.69, 9.17) is 14.2 Å². The molecule has 2 aliphatic heterocycles. The maximum atomic E-state index is 12.8. The van der Waals surface area contributed by atoms with Crippen LogP contribution in [-0.2, 0) is 9.47 Å². The van der Waals surface area contributed by atoms with Crippen molar-refractivity contribution in [2.45, 2.75) is 24.3 Å². The molecule has 3 aromatic rings. The number of hydrogen-bond donors (Lipinski definition) is 2. The lowest BCUT2D eigenvalue weighted by Gasteiger charge is -2.19. The summed E-state index contributed by atoms with van der Waals surface area (Å²) in [4.78, 5) is 23.8. The molecule has 182 valence electrons. The molecule has 9 nitrogen and oxygen atoms in total. The number of ether oxygens (including phenoxy) is 3. The Balaban J connectivity index is 1.23. The second kappa shape index (κ2) is 9.89. The van der Waals surface area contributed by atoms with E-state index in [1.807, 2.05) is 73.6 Å². The zero-order valence-corrected chi connectivity index (χ0v) is 20.0. The van der Waals surface area contributed by atoms with Crippen LogP contribution in [0.25, 0.3) is 11.3 Å². The summed E-state index contributed by atoms with van der Waals surface area (Å²) in [7, 11) is 5.57. The van der Waals surface area contributed by atoms with Gasteiger partial charge in [0.2, 0.25) is 5.95 Å². The number of benzene rings is 2. The fourth-order valence-electron chi connectivity index (χ4n) is 4.51. The summed E-state index contributed by atoms with van der Waals surface area (Å²) in [6.45, 7) is 0.818. The number of methoxy groups -OCH3 is 1. The van der Waals surface area contributed by atoms with Gasteiger partial charge in [-0.3, -0.25) is 4.79 Å². The smallest absolute Gasteiger partial charge is 0.251 e. The summed E-state index contributed by atoms with van der Waals surface area (Å²) in [5, 5.41) is 6.42. The monoisotopic (exact) mass is 475 g/mol. The van der Waals surface area contributed by atoms with Crippen molar-refractivity contribution in [2.75, 3.05) is 44.6 Å². The normalized spacial score (nSPS) is 22.9. The number of carbonyl (C=O) groups excluding carboxylic acids is 1. The van der Waals surface area contributed by atoms with Crippen LogP contribution in [0.2, 0.25) is 0 Å². The molecule has 4 atom stereocenters. The molecular weight excluding hydrogens is 446 g/mol. The van der Waals surface area contributed by atoms with E-state index in [0.29, 0.717) is 24.7 Å². The molecular formula is C26H29N5O4. The van der Waals surface area contributed by atoms with E-state index in [-0.39, 0.29) is 30.2 Å². The zero-order valence-electron chi connectivity index (χ0n) is 20.0. The summed E-state index contributed by atoms with van der Waals surface area (Å²) in [5.41, 5.74) is 3.29. The molecule has 9 heteroatoms. The van der Waals surface area contributed by atoms with Crippen molar-refractivity contribution in [1.82, 2.24) is 15.3 Å². The van der Waals surface area contributed by atoms with Crippen LogP contribution in [0.3, 0.4) is 0 Å². The first-order chi connectivity index (χ1) is 17.0. The summed E-state index contributed by atoms with van der Waals surface area (Å²) >= 11 is 0. The molecule has 0 spiro atoms. The summed E-state index contributed by atoms with van der Waals surface area (Å²) in [6, 6.07) is 16.7. The number of para-hydroxylation sites is 1. The number of hydrogen-bond acceptors (Lipinski definition) is 8. The Kier molecular flexibility index (Phi) is 6.52. The maximum absolute atomic E-state index is 12.8. The van der Waals surface area contributed by atoms with Crippen molar-refractivity contribution < 1.29 is 19.0 Å². The molecule has 2 N–H and O–H groups in total. The molecule has 0 bridgehead atoms. The van der Waals surface area contributed by atoms with Gasteiger partial charge < -0.3 is 29.7 Å². The van der Waals surface area contributed by atoms with Gasteiger partial charge in [0, 0.05) is 37.1 Å². The number of anilines is 2. The predicted octanol–water partition coefficient (Wildman–Crippen LogP) is 2.59. The Morgan fingerprint density at radius 3 is 2.46 bits per heavy atom. The third kappa shape index (κ3) is 4.78. The van der Waals surface area contributed by atoms with Crippen LogP contribution in [0.15, 0.2) is 60.8 Å². The quantitative estimate of drug-likeness (QED) is 0.538. The van der Waals surface area contributed by atoms with Crippen LogP contribution in [0, 0.1) is 0 Å². The predicted molar refractivity (Wildman–Crippen MR) is 133 cm³/mol. The summed E-state index contributed by atoms with van der Waals surface area (Å²) in [6.07, 6.45) is 1.26. The number of nitrogens with zero attached hydrogens (tertiary/aromatic N) is 3. The highest BCUT2D eigenvalue weighted by Gasteiger charge is 2.48. The molecule has 2 saturated heterocycles. The molecule has 35 heavy (non-hydrogen) atoms. The van der Waals surface area contributed by atoms with Crippen molar-refractivity contribution in [1.29, 1.82) is 0 Å². The van der Waals surface area contributed by atoms with E-state index in [9.17, 15) is 4.79 Å². The third-order valence-corrected chi connectivity index (χ3v) is 6.37. The molecule has 1 aromatic heterocycles. The number of aromatic nitrogens is 2.